The standard InChI is InChI=1S/C25H14N4O2/c1-15-28-25-22(31-15)12-18(29(25)17-7-3-2-4-8-17)11-21-23(16(13-26)14-27)19-9-5-6-10-20(19)24(21)30/h2-12H,1H3/b21-11-. The second-order valence-corrected chi connectivity index (χ2v) is 7.07. The van der Waals surface area contributed by atoms with Gasteiger partial charge >= 0.3 is 0 Å². The Balaban J connectivity index is 1.81. The van der Waals surface area contributed by atoms with E-state index in [4.69, 9.17) is 4.42 Å². The number of benzene rings is 2. The number of nitrogens with zero attached hydrogens (tertiary/aromatic N) is 4. The monoisotopic (exact) mass is 402 g/mol. The number of allylic oxidation sites excluding steroid dienone is 3. The van der Waals surface area contributed by atoms with Crippen molar-refractivity contribution < 1.29 is 9.21 Å². The van der Waals surface area contributed by atoms with Crippen molar-refractivity contribution in [3.8, 4) is 17.8 Å². The summed E-state index contributed by atoms with van der Waals surface area (Å²) in [6.07, 6.45) is 1.70. The highest BCUT2D eigenvalue weighted by molar-refractivity contribution is 6.29. The van der Waals surface area contributed by atoms with Crippen LogP contribution in [0.25, 0.3) is 28.6 Å². The number of oxazole rings is 1. The van der Waals surface area contributed by atoms with E-state index in [1.165, 1.54) is 0 Å². The summed E-state index contributed by atoms with van der Waals surface area (Å²) < 4.78 is 7.61. The molecule has 146 valence electrons. The Bertz CT molecular complexity index is 1500. The van der Waals surface area contributed by atoms with Gasteiger partial charge in [-0.2, -0.15) is 15.5 Å². The van der Waals surface area contributed by atoms with E-state index in [0.29, 0.717) is 45.1 Å². The molecule has 0 amide bonds. The van der Waals surface area contributed by atoms with Crippen molar-refractivity contribution in [2.75, 3.05) is 0 Å². The van der Waals surface area contributed by atoms with Gasteiger partial charge in [-0.05, 0) is 23.8 Å². The van der Waals surface area contributed by atoms with Crippen LogP contribution in [0.2, 0.25) is 0 Å². The Labute approximate surface area is 177 Å². The van der Waals surface area contributed by atoms with Crippen LogP contribution in [0, 0.1) is 29.6 Å². The summed E-state index contributed by atoms with van der Waals surface area (Å²) in [4.78, 5) is 17.7. The number of ketones is 1. The van der Waals surface area contributed by atoms with Crippen molar-refractivity contribution in [3.63, 3.8) is 0 Å². The lowest BCUT2D eigenvalue weighted by atomic mass is 9.99. The number of aromatic nitrogens is 2. The number of Topliss-reactive ketones (excluding diaryl/α,β-unsaturated/α-hetero) is 1. The van der Waals surface area contributed by atoms with Crippen molar-refractivity contribution in [1.82, 2.24) is 9.55 Å². The van der Waals surface area contributed by atoms with Crippen LogP contribution in [0.4, 0.5) is 0 Å². The lowest BCUT2D eigenvalue weighted by molar-refractivity contribution is 0.104. The van der Waals surface area contributed by atoms with E-state index < -0.39 is 0 Å². The number of carbonyl (C=O) groups is 1. The first-order valence-electron chi connectivity index (χ1n) is 9.57. The van der Waals surface area contributed by atoms with Gasteiger partial charge in [-0.25, -0.2) is 0 Å². The highest BCUT2D eigenvalue weighted by atomic mass is 16.3. The molecular formula is C25H14N4O2. The van der Waals surface area contributed by atoms with Gasteiger partial charge in [0.15, 0.2) is 22.9 Å². The van der Waals surface area contributed by atoms with Crippen molar-refractivity contribution in [1.29, 1.82) is 10.5 Å². The lowest BCUT2D eigenvalue weighted by Crippen LogP contribution is -2.00. The van der Waals surface area contributed by atoms with E-state index >= 15 is 0 Å². The molecule has 0 saturated carbocycles. The summed E-state index contributed by atoms with van der Waals surface area (Å²) in [7, 11) is 0. The first-order valence-corrected chi connectivity index (χ1v) is 9.57. The van der Waals surface area contributed by atoms with E-state index in [9.17, 15) is 15.3 Å². The van der Waals surface area contributed by atoms with Crippen LogP contribution in [0.3, 0.4) is 0 Å². The Kier molecular flexibility index (Phi) is 4.13. The molecular weight excluding hydrogens is 388 g/mol. The quantitative estimate of drug-likeness (QED) is 0.347. The lowest BCUT2D eigenvalue weighted by Gasteiger charge is -2.08. The smallest absolute Gasteiger partial charge is 0.194 e. The summed E-state index contributed by atoms with van der Waals surface area (Å²) in [5.74, 6) is 0.310. The predicted molar refractivity (Wildman–Crippen MR) is 115 cm³/mol. The Hall–Kier alpha value is -4.68. The van der Waals surface area contributed by atoms with Gasteiger partial charge in [0.1, 0.15) is 17.7 Å². The van der Waals surface area contributed by atoms with Gasteiger partial charge in [-0.3, -0.25) is 9.36 Å². The van der Waals surface area contributed by atoms with E-state index in [1.807, 2.05) is 53.1 Å². The number of hydrogen-bond donors (Lipinski definition) is 0. The highest BCUT2D eigenvalue weighted by Gasteiger charge is 2.32. The molecule has 0 saturated heterocycles. The molecule has 2 aromatic carbocycles. The number of para-hydroxylation sites is 1. The fourth-order valence-electron chi connectivity index (χ4n) is 3.96. The molecule has 0 unspecified atom stereocenters. The van der Waals surface area contributed by atoms with Gasteiger partial charge in [0.05, 0.1) is 5.69 Å². The number of hydrogen-bond acceptors (Lipinski definition) is 5. The molecule has 0 aliphatic heterocycles. The van der Waals surface area contributed by atoms with Gasteiger partial charge in [-0.15, -0.1) is 0 Å². The zero-order valence-electron chi connectivity index (χ0n) is 16.5. The average Bonchev–Trinajstić information content (AvgIpc) is 3.39. The number of nitriles is 2. The summed E-state index contributed by atoms with van der Waals surface area (Å²) in [5, 5.41) is 19.1. The average molecular weight is 402 g/mol. The molecule has 6 nitrogen and oxygen atoms in total. The summed E-state index contributed by atoms with van der Waals surface area (Å²) >= 11 is 0. The molecule has 0 radical (unpaired) electrons. The molecule has 1 aliphatic carbocycles. The molecule has 31 heavy (non-hydrogen) atoms. The Morgan fingerprint density at radius 1 is 1.03 bits per heavy atom. The van der Waals surface area contributed by atoms with Crippen LogP contribution in [-0.2, 0) is 0 Å². The molecule has 0 fully saturated rings. The topological polar surface area (TPSA) is 95.6 Å². The maximum Gasteiger partial charge on any atom is 0.194 e. The first-order chi connectivity index (χ1) is 15.1. The zero-order chi connectivity index (χ0) is 21.5. The normalized spacial score (nSPS) is 14.0. The van der Waals surface area contributed by atoms with Gasteiger partial charge in [0.25, 0.3) is 0 Å². The minimum absolute atomic E-state index is 0.0972. The summed E-state index contributed by atoms with van der Waals surface area (Å²) in [6, 6.07) is 22.3. The van der Waals surface area contributed by atoms with Crippen molar-refractivity contribution >= 4 is 28.7 Å². The van der Waals surface area contributed by atoms with E-state index in [1.54, 1.807) is 37.3 Å². The first kappa shape index (κ1) is 18.4. The molecule has 0 atom stereocenters. The van der Waals surface area contributed by atoms with Gasteiger partial charge in [0, 0.05) is 35.4 Å². The largest absolute Gasteiger partial charge is 0.439 e. The van der Waals surface area contributed by atoms with Crippen LogP contribution < -0.4 is 0 Å². The van der Waals surface area contributed by atoms with Gasteiger partial charge in [0.2, 0.25) is 0 Å². The minimum Gasteiger partial charge on any atom is -0.439 e. The number of carbonyl (C=O) groups excluding carboxylic acids is 1. The maximum absolute atomic E-state index is 13.2. The molecule has 2 heterocycles. The highest BCUT2D eigenvalue weighted by Crippen LogP contribution is 2.40. The maximum atomic E-state index is 13.2. The Morgan fingerprint density at radius 2 is 1.71 bits per heavy atom. The molecule has 2 aromatic heterocycles. The SMILES string of the molecule is Cc1nc2c(cc(/C=C3\C(=O)c4ccccc4C3=C(C#N)C#N)n2-c2ccccc2)o1. The summed E-state index contributed by atoms with van der Waals surface area (Å²) in [5.41, 5.74) is 4.35. The van der Waals surface area contributed by atoms with Crippen LogP contribution >= 0.6 is 0 Å². The third-order valence-corrected chi connectivity index (χ3v) is 5.23. The summed E-state index contributed by atoms with van der Waals surface area (Å²) in [6.45, 7) is 1.78. The third kappa shape index (κ3) is 2.78. The molecule has 5 rings (SSSR count). The van der Waals surface area contributed by atoms with Crippen LogP contribution in [-0.4, -0.2) is 15.3 Å². The predicted octanol–water partition coefficient (Wildman–Crippen LogP) is 5.01. The molecule has 0 N–H and O–H groups in total. The second-order valence-electron chi connectivity index (χ2n) is 7.07. The molecule has 4 aromatic rings. The van der Waals surface area contributed by atoms with E-state index in [-0.39, 0.29) is 11.4 Å². The van der Waals surface area contributed by atoms with Crippen molar-refractivity contribution in [2.45, 2.75) is 6.92 Å². The second kappa shape index (κ2) is 6.98. The number of fused-ring (bicyclic) bond motifs is 2. The zero-order valence-corrected chi connectivity index (χ0v) is 16.5. The minimum atomic E-state index is -0.227. The molecule has 0 bridgehead atoms. The van der Waals surface area contributed by atoms with Crippen LogP contribution in [0.1, 0.15) is 27.5 Å². The van der Waals surface area contributed by atoms with Crippen molar-refractivity contribution in [2.24, 2.45) is 0 Å². The molecule has 1 aliphatic rings. The third-order valence-electron chi connectivity index (χ3n) is 5.23. The Morgan fingerprint density at radius 3 is 2.42 bits per heavy atom. The molecule has 6 heteroatoms. The fourth-order valence-corrected chi connectivity index (χ4v) is 3.96. The van der Waals surface area contributed by atoms with Crippen LogP contribution in [0.15, 0.2) is 76.2 Å². The molecule has 0 spiro atoms. The van der Waals surface area contributed by atoms with E-state index in [2.05, 4.69) is 4.98 Å². The van der Waals surface area contributed by atoms with E-state index in [0.717, 1.165) is 5.69 Å². The number of rotatable bonds is 2. The van der Waals surface area contributed by atoms with Gasteiger partial charge < -0.3 is 4.42 Å². The van der Waals surface area contributed by atoms with Crippen molar-refractivity contribution in [3.05, 3.63) is 94.5 Å². The van der Waals surface area contributed by atoms with Gasteiger partial charge in [-0.1, -0.05) is 42.5 Å². The number of aryl methyl sites for hydroxylation is 1. The van der Waals surface area contributed by atoms with Crippen LogP contribution in [0.5, 0.6) is 0 Å². The fraction of sp³-hybridized carbons (Fsp3) is 0.0400.